The Hall–Kier alpha value is -1.36. The summed E-state index contributed by atoms with van der Waals surface area (Å²) >= 11 is 5.69. The molecule has 6 heteroatoms. The molecule has 1 aromatic rings. The quantitative estimate of drug-likeness (QED) is 0.750. The first-order valence-electron chi connectivity index (χ1n) is 5.52. The molecule has 0 bridgehead atoms. The lowest BCUT2D eigenvalue weighted by atomic mass is 9.98. The molecular formula is C11H14ClN3O2. The van der Waals surface area contributed by atoms with E-state index in [1.165, 1.54) is 7.11 Å². The minimum Gasteiger partial charge on any atom is -0.469 e. The molecule has 5 nitrogen and oxygen atoms in total. The number of halogens is 1. The summed E-state index contributed by atoms with van der Waals surface area (Å²) in [5, 5.41) is 8.19. The monoisotopic (exact) mass is 255 g/mol. The van der Waals surface area contributed by atoms with E-state index >= 15 is 0 Å². The summed E-state index contributed by atoms with van der Waals surface area (Å²) < 4.78 is 4.77. The van der Waals surface area contributed by atoms with Gasteiger partial charge in [0.15, 0.2) is 11.0 Å². The highest BCUT2D eigenvalue weighted by Gasteiger charge is 2.27. The Morgan fingerprint density at radius 1 is 1.53 bits per heavy atom. The van der Waals surface area contributed by atoms with Crippen molar-refractivity contribution in [1.82, 2.24) is 10.2 Å². The van der Waals surface area contributed by atoms with Gasteiger partial charge in [-0.2, -0.15) is 0 Å². The van der Waals surface area contributed by atoms with E-state index in [9.17, 15) is 4.79 Å². The normalized spacial score (nSPS) is 20.1. The molecule has 0 unspecified atom stereocenters. The number of hydrogen-bond acceptors (Lipinski definition) is 5. The van der Waals surface area contributed by atoms with Gasteiger partial charge in [-0.05, 0) is 25.0 Å². The van der Waals surface area contributed by atoms with Gasteiger partial charge in [-0.1, -0.05) is 11.6 Å². The number of esters is 1. The SMILES string of the molecule is COC(=O)[C@@H]1CCCN(c2ccc(Cl)nn2)C1. The predicted octanol–water partition coefficient (Wildman–Crippen LogP) is 1.52. The van der Waals surface area contributed by atoms with E-state index < -0.39 is 0 Å². The Labute approximate surface area is 105 Å². The molecule has 0 radical (unpaired) electrons. The van der Waals surface area contributed by atoms with Gasteiger partial charge in [-0.15, -0.1) is 10.2 Å². The maximum absolute atomic E-state index is 11.5. The second kappa shape index (κ2) is 5.31. The van der Waals surface area contributed by atoms with Crippen LogP contribution in [0.15, 0.2) is 12.1 Å². The molecule has 0 saturated carbocycles. The van der Waals surface area contributed by atoms with Gasteiger partial charge in [0.05, 0.1) is 13.0 Å². The highest BCUT2D eigenvalue weighted by atomic mass is 35.5. The number of rotatable bonds is 2. The van der Waals surface area contributed by atoms with Crippen molar-refractivity contribution in [2.45, 2.75) is 12.8 Å². The number of hydrogen-bond donors (Lipinski definition) is 0. The molecule has 1 atom stereocenters. The van der Waals surface area contributed by atoms with Gasteiger partial charge in [-0.3, -0.25) is 4.79 Å². The summed E-state index contributed by atoms with van der Waals surface area (Å²) in [5.41, 5.74) is 0. The lowest BCUT2D eigenvalue weighted by Gasteiger charge is -2.31. The Balaban J connectivity index is 2.06. The molecule has 92 valence electrons. The van der Waals surface area contributed by atoms with Crippen molar-refractivity contribution in [2.75, 3.05) is 25.1 Å². The van der Waals surface area contributed by atoms with Crippen LogP contribution in [0.1, 0.15) is 12.8 Å². The number of methoxy groups -OCH3 is 1. The Bertz CT molecular complexity index is 396. The maximum atomic E-state index is 11.5. The molecule has 0 spiro atoms. The van der Waals surface area contributed by atoms with Crippen LogP contribution in [-0.2, 0) is 9.53 Å². The van der Waals surface area contributed by atoms with Crippen molar-refractivity contribution < 1.29 is 9.53 Å². The summed E-state index contributed by atoms with van der Waals surface area (Å²) in [6.07, 6.45) is 1.81. The molecule has 2 rings (SSSR count). The van der Waals surface area contributed by atoms with E-state index in [1.54, 1.807) is 6.07 Å². The zero-order valence-electron chi connectivity index (χ0n) is 9.60. The first-order valence-corrected chi connectivity index (χ1v) is 5.90. The van der Waals surface area contributed by atoms with Gasteiger partial charge in [-0.25, -0.2) is 0 Å². The van der Waals surface area contributed by atoms with Crippen molar-refractivity contribution in [1.29, 1.82) is 0 Å². The van der Waals surface area contributed by atoms with E-state index in [0.717, 1.165) is 25.2 Å². The van der Waals surface area contributed by atoms with Gasteiger partial charge in [0.1, 0.15) is 0 Å². The van der Waals surface area contributed by atoms with Crippen LogP contribution in [0.3, 0.4) is 0 Å². The first kappa shape index (κ1) is 12.1. The zero-order chi connectivity index (χ0) is 12.3. The van der Waals surface area contributed by atoms with Crippen LogP contribution < -0.4 is 4.90 Å². The van der Waals surface area contributed by atoms with Gasteiger partial charge in [0.2, 0.25) is 0 Å². The van der Waals surface area contributed by atoms with E-state index in [1.807, 2.05) is 11.0 Å². The minimum atomic E-state index is -0.156. The lowest BCUT2D eigenvalue weighted by molar-refractivity contribution is -0.145. The molecule has 0 N–H and O–H groups in total. The summed E-state index contributed by atoms with van der Waals surface area (Å²) in [5.74, 6) is 0.519. The van der Waals surface area contributed by atoms with E-state index in [2.05, 4.69) is 10.2 Å². The van der Waals surface area contributed by atoms with Gasteiger partial charge >= 0.3 is 5.97 Å². The lowest BCUT2D eigenvalue weighted by Crippen LogP contribution is -2.39. The van der Waals surface area contributed by atoms with Crippen molar-refractivity contribution in [2.24, 2.45) is 5.92 Å². The average Bonchev–Trinajstić information content (AvgIpc) is 2.39. The molecule has 17 heavy (non-hydrogen) atoms. The van der Waals surface area contributed by atoms with Gasteiger partial charge in [0, 0.05) is 13.1 Å². The number of carbonyl (C=O) groups excluding carboxylic acids is 1. The number of nitrogens with zero attached hydrogens (tertiary/aromatic N) is 3. The third kappa shape index (κ3) is 2.85. The second-order valence-corrected chi connectivity index (χ2v) is 4.41. The van der Waals surface area contributed by atoms with E-state index in [-0.39, 0.29) is 11.9 Å². The second-order valence-electron chi connectivity index (χ2n) is 4.02. The molecule has 1 aliphatic rings. The summed E-state index contributed by atoms with van der Waals surface area (Å²) in [7, 11) is 1.42. The number of piperidine rings is 1. The fourth-order valence-corrected chi connectivity index (χ4v) is 2.12. The Morgan fingerprint density at radius 2 is 2.35 bits per heavy atom. The summed E-state index contributed by atoms with van der Waals surface area (Å²) in [4.78, 5) is 13.5. The Kier molecular flexibility index (Phi) is 3.78. The highest BCUT2D eigenvalue weighted by Crippen LogP contribution is 2.22. The molecule has 1 saturated heterocycles. The van der Waals surface area contributed by atoms with Crippen LogP contribution in [0, 0.1) is 5.92 Å². The van der Waals surface area contributed by atoms with Crippen molar-refractivity contribution in [3.05, 3.63) is 17.3 Å². The van der Waals surface area contributed by atoms with Crippen LogP contribution in [0.5, 0.6) is 0 Å². The first-order chi connectivity index (χ1) is 8.20. The number of anilines is 1. The zero-order valence-corrected chi connectivity index (χ0v) is 10.4. The van der Waals surface area contributed by atoms with Crippen LogP contribution in [0.4, 0.5) is 5.82 Å². The minimum absolute atomic E-state index is 0.0776. The topological polar surface area (TPSA) is 55.3 Å². The number of ether oxygens (including phenoxy) is 1. The molecular weight excluding hydrogens is 242 g/mol. The van der Waals surface area contributed by atoms with E-state index in [0.29, 0.717) is 11.7 Å². The third-order valence-corrected chi connectivity index (χ3v) is 3.10. The van der Waals surface area contributed by atoms with Crippen LogP contribution in [0.25, 0.3) is 0 Å². The highest BCUT2D eigenvalue weighted by molar-refractivity contribution is 6.29. The van der Waals surface area contributed by atoms with Crippen molar-refractivity contribution >= 4 is 23.4 Å². The van der Waals surface area contributed by atoms with Gasteiger partial charge in [0.25, 0.3) is 0 Å². The number of aromatic nitrogens is 2. The third-order valence-electron chi connectivity index (χ3n) is 2.90. The molecule has 0 aliphatic carbocycles. The molecule has 1 aliphatic heterocycles. The van der Waals surface area contributed by atoms with E-state index in [4.69, 9.17) is 16.3 Å². The van der Waals surface area contributed by atoms with Crippen LogP contribution in [-0.4, -0.2) is 36.4 Å². The summed E-state index contributed by atoms with van der Waals surface area (Å²) in [6, 6.07) is 3.51. The van der Waals surface area contributed by atoms with Crippen LogP contribution >= 0.6 is 11.6 Å². The number of carbonyl (C=O) groups is 1. The maximum Gasteiger partial charge on any atom is 0.310 e. The molecule has 0 amide bonds. The largest absolute Gasteiger partial charge is 0.469 e. The molecule has 1 aromatic heterocycles. The van der Waals surface area contributed by atoms with Crippen LogP contribution in [0.2, 0.25) is 5.15 Å². The van der Waals surface area contributed by atoms with Gasteiger partial charge < -0.3 is 9.64 Å². The smallest absolute Gasteiger partial charge is 0.310 e. The summed E-state index contributed by atoms with van der Waals surface area (Å²) in [6.45, 7) is 1.51. The molecule has 2 heterocycles. The molecule has 0 aromatic carbocycles. The molecule has 1 fully saturated rings. The fourth-order valence-electron chi connectivity index (χ4n) is 2.02. The standard InChI is InChI=1S/C11H14ClN3O2/c1-17-11(16)8-3-2-6-15(7-8)10-5-4-9(12)13-14-10/h4-5,8H,2-3,6-7H2,1H3/t8-/m1/s1. The average molecular weight is 256 g/mol. The van der Waals surface area contributed by atoms with Crippen molar-refractivity contribution in [3.8, 4) is 0 Å². The Morgan fingerprint density at radius 3 is 3.00 bits per heavy atom. The fraction of sp³-hybridized carbons (Fsp3) is 0.545. The predicted molar refractivity (Wildman–Crippen MR) is 64.0 cm³/mol. The van der Waals surface area contributed by atoms with Crippen molar-refractivity contribution in [3.63, 3.8) is 0 Å².